The minimum atomic E-state index is -2.27. The topological polar surface area (TPSA) is 29.1 Å². The number of nitrogens with one attached hydrogen (secondary N) is 1. The fourth-order valence-corrected chi connectivity index (χ4v) is 2.58. The Morgan fingerprint density at radius 2 is 1.38 bits per heavy atom. The molecule has 116 valence electrons. The predicted molar refractivity (Wildman–Crippen MR) is 65.1 cm³/mol. The second kappa shape index (κ2) is 5.99. The number of hydrogen-bond acceptors (Lipinski definition) is 1. The first-order chi connectivity index (χ1) is 9.84. The highest BCUT2D eigenvalue weighted by molar-refractivity contribution is 5.95. The van der Waals surface area contributed by atoms with E-state index < -0.39 is 40.6 Å². The maximum atomic E-state index is 13.5. The molecule has 1 aromatic rings. The van der Waals surface area contributed by atoms with Gasteiger partial charge in [-0.15, -0.1) is 0 Å². The normalized spacial score (nSPS) is 22.2. The maximum Gasteiger partial charge on any atom is 0.257 e. The minimum Gasteiger partial charge on any atom is -0.349 e. The Labute approximate surface area is 118 Å². The molecule has 1 fully saturated rings. The van der Waals surface area contributed by atoms with E-state index in [1.165, 1.54) is 0 Å². The van der Waals surface area contributed by atoms with Crippen LogP contribution in [0, 0.1) is 35.0 Å². The van der Waals surface area contributed by atoms with E-state index in [-0.39, 0.29) is 12.0 Å². The molecule has 1 aromatic carbocycles. The Morgan fingerprint density at radius 3 is 1.90 bits per heavy atom. The van der Waals surface area contributed by atoms with Crippen molar-refractivity contribution < 1.29 is 26.7 Å². The Bertz CT molecular complexity index is 546. The van der Waals surface area contributed by atoms with Crippen LogP contribution in [0.3, 0.4) is 0 Å². The van der Waals surface area contributed by atoms with Gasteiger partial charge in [0.2, 0.25) is 5.82 Å². The molecule has 0 heterocycles. The van der Waals surface area contributed by atoms with Gasteiger partial charge >= 0.3 is 0 Å². The van der Waals surface area contributed by atoms with Gasteiger partial charge in [0.1, 0.15) is 5.56 Å². The van der Waals surface area contributed by atoms with Crippen LogP contribution in [0.1, 0.15) is 43.0 Å². The molecular weight excluding hydrogens is 293 g/mol. The van der Waals surface area contributed by atoms with Crippen molar-refractivity contribution in [2.45, 2.75) is 38.6 Å². The van der Waals surface area contributed by atoms with Crippen molar-refractivity contribution in [2.24, 2.45) is 5.92 Å². The third-order valence-electron chi connectivity index (χ3n) is 3.86. The van der Waals surface area contributed by atoms with Crippen LogP contribution in [-0.4, -0.2) is 11.9 Å². The van der Waals surface area contributed by atoms with Crippen molar-refractivity contribution in [1.29, 1.82) is 0 Å². The lowest BCUT2D eigenvalue weighted by Crippen LogP contribution is -2.42. The van der Waals surface area contributed by atoms with Gasteiger partial charge in [0.05, 0.1) is 0 Å². The van der Waals surface area contributed by atoms with E-state index in [4.69, 9.17) is 0 Å². The molecule has 0 radical (unpaired) electrons. The molecule has 0 bridgehead atoms. The van der Waals surface area contributed by atoms with E-state index in [9.17, 15) is 26.7 Å². The number of rotatable bonds is 2. The quantitative estimate of drug-likeness (QED) is 0.504. The minimum absolute atomic E-state index is 0.0870. The molecular formula is C14H14F5NO. The van der Waals surface area contributed by atoms with Crippen LogP contribution in [0.4, 0.5) is 22.0 Å². The highest BCUT2D eigenvalue weighted by Crippen LogP contribution is 2.26. The van der Waals surface area contributed by atoms with Gasteiger partial charge in [-0.25, -0.2) is 22.0 Å². The zero-order valence-corrected chi connectivity index (χ0v) is 11.3. The number of hydrogen-bond donors (Lipinski definition) is 1. The van der Waals surface area contributed by atoms with Crippen molar-refractivity contribution in [1.82, 2.24) is 5.32 Å². The zero-order chi connectivity index (χ0) is 15.7. The number of halogens is 5. The molecule has 1 amide bonds. The predicted octanol–water partition coefficient (Wildman–Crippen LogP) is 3.69. The first kappa shape index (κ1) is 15.7. The van der Waals surface area contributed by atoms with Crippen LogP contribution >= 0.6 is 0 Å². The molecule has 21 heavy (non-hydrogen) atoms. The first-order valence-corrected chi connectivity index (χ1v) is 6.66. The van der Waals surface area contributed by atoms with E-state index in [0.29, 0.717) is 6.42 Å². The molecule has 2 atom stereocenters. The fraction of sp³-hybridized carbons (Fsp3) is 0.500. The molecule has 1 saturated carbocycles. The summed E-state index contributed by atoms with van der Waals surface area (Å²) in [7, 11) is 0. The molecule has 0 aliphatic heterocycles. The molecule has 1 N–H and O–H groups in total. The van der Waals surface area contributed by atoms with Crippen LogP contribution in [0.5, 0.6) is 0 Å². The molecule has 2 nitrogen and oxygen atoms in total. The molecule has 2 rings (SSSR count). The van der Waals surface area contributed by atoms with Crippen molar-refractivity contribution in [3.05, 3.63) is 34.6 Å². The highest BCUT2D eigenvalue weighted by atomic mass is 19.2. The molecule has 1 aliphatic rings. The lowest BCUT2D eigenvalue weighted by atomic mass is 9.86. The van der Waals surface area contributed by atoms with Crippen LogP contribution in [0.15, 0.2) is 0 Å². The summed E-state index contributed by atoms with van der Waals surface area (Å²) in [6.45, 7) is 1.86. The molecule has 1 unspecified atom stereocenters. The lowest BCUT2D eigenvalue weighted by Gasteiger charge is -2.29. The van der Waals surface area contributed by atoms with Crippen molar-refractivity contribution >= 4 is 5.91 Å². The van der Waals surface area contributed by atoms with Gasteiger partial charge in [0.15, 0.2) is 23.3 Å². The Morgan fingerprint density at radius 1 is 0.905 bits per heavy atom. The maximum absolute atomic E-state index is 13.5. The van der Waals surface area contributed by atoms with Gasteiger partial charge < -0.3 is 5.32 Å². The number of benzene rings is 1. The summed E-state index contributed by atoms with van der Waals surface area (Å²) in [6.07, 6.45) is 3.27. The van der Waals surface area contributed by atoms with Crippen LogP contribution in [-0.2, 0) is 0 Å². The van der Waals surface area contributed by atoms with Gasteiger partial charge in [-0.2, -0.15) is 0 Å². The summed E-state index contributed by atoms with van der Waals surface area (Å²) in [5, 5.41) is 2.37. The summed E-state index contributed by atoms with van der Waals surface area (Å²) in [6, 6.07) is -0.332. The first-order valence-electron chi connectivity index (χ1n) is 6.66. The molecule has 7 heteroatoms. The van der Waals surface area contributed by atoms with E-state index in [0.717, 1.165) is 19.3 Å². The highest BCUT2D eigenvalue weighted by Gasteiger charge is 2.31. The fourth-order valence-electron chi connectivity index (χ4n) is 2.58. The number of amides is 1. The Kier molecular flexibility index (Phi) is 4.49. The number of carbonyl (C=O) groups is 1. The number of carbonyl (C=O) groups excluding carboxylic acids is 1. The molecule has 0 saturated heterocycles. The van der Waals surface area contributed by atoms with Gasteiger partial charge in [0.25, 0.3) is 5.91 Å². The summed E-state index contributed by atoms with van der Waals surface area (Å²) in [5.41, 5.74) is -1.43. The summed E-state index contributed by atoms with van der Waals surface area (Å²) >= 11 is 0. The monoisotopic (exact) mass is 307 g/mol. The van der Waals surface area contributed by atoms with Crippen molar-refractivity contribution in [3.63, 3.8) is 0 Å². The van der Waals surface area contributed by atoms with E-state index in [1.807, 2.05) is 6.92 Å². The average Bonchev–Trinajstić information content (AvgIpc) is 2.46. The summed E-state index contributed by atoms with van der Waals surface area (Å²) in [5.74, 6) is -11.9. The van der Waals surface area contributed by atoms with Crippen LogP contribution < -0.4 is 5.32 Å². The van der Waals surface area contributed by atoms with Crippen LogP contribution in [0.2, 0.25) is 0 Å². The molecule has 0 aromatic heterocycles. The standard InChI is InChI=1S/C14H14F5NO/c1-6-4-2-3-5-7(6)20-14(21)8-9(15)11(17)13(19)12(18)10(8)16/h6-7H,2-5H2,1H3,(H,20,21)/t6-,7?/m1/s1. The van der Waals surface area contributed by atoms with Gasteiger partial charge in [-0.1, -0.05) is 19.8 Å². The van der Waals surface area contributed by atoms with Gasteiger partial charge in [-0.3, -0.25) is 4.79 Å². The zero-order valence-electron chi connectivity index (χ0n) is 11.3. The van der Waals surface area contributed by atoms with E-state index in [1.54, 1.807) is 0 Å². The van der Waals surface area contributed by atoms with Gasteiger partial charge in [0, 0.05) is 6.04 Å². The molecule has 1 aliphatic carbocycles. The van der Waals surface area contributed by atoms with E-state index >= 15 is 0 Å². The summed E-state index contributed by atoms with van der Waals surface area (Å²) < 4.78 is 66.1. The Hall–Kier alpha value is -1.66. The third kappa shape index (κ3) is 2.87. The van der Waals surface area contributed by atoms with Crippen molar-refractivity contribution in [2.75, 3.05) is 0 Å². The smallest absolute Gasteiger partial charge is 0.257 e. The SMILES string of the molecule is C[C@@H]1CCCCC1NC(=O)c1c(F)c(F)c(F)c(F)c1F. The van der Waals surface area contributed by atoms with Crippen LogP contribution in [0.25, 0.3) is 0 Å². The third-order valence-corrected chi connectivity index (χ3v) is 3.86. The van der Waals surface area contributed by atoms with E-state index in [2.05, 4.69) is 5.32 Å². The van der Waals surface area contributed by atoms with Crippen molar-refractivity contribution in [3.8, 4) is 0 Å². The largest absolute Gasteiger partial charge is 0.349 e. The average molecular weight is 307 g/mol. The lowest BCUT2D eigenvalue weighted by molar-refractivity contribution is 0.0898. The van der Waals surface area contributed by atoms with Gasteiger partial charge in [-0.05, 0) is 18.8 Å². The second-order valence-corrected chi connectivity index (χ2v) is 5.29. The Balaban J connectivity index is 2.31. The summed E-state index contributed by atoms with van der Waals surface area (Å²) in [4.78, 5) is 11.9. The second-order valence-electron chi connectivity index (χ2n) is 5.29. The molecule has 0 spiro atoms.